The molecule has 142 valence electrons. The summed E-state index contributed by atoms with van der Waals surface area (Å²) in [6, 6.07) is 16.6. The molecule has 3 aromatic carbocycles. The summed E-state index contributed by atoms with van der Waals surface area (Å²) in [6.45, 7) is 0. The fraction of sp³-hybridized carbons (Fsp3) is 0. The third kappa shape index (κ3) is 4.44. The molecule has 0 unspecified atom stereocenters. The summed E-state index contributed by atoms with van der Waals surface area (Å²) >= 11 is 20.3. The van der Waals surface area contributed by atoms with Crippen molar-refractivity contribution in [2.24, 2.45) is 0 Å². The number of anilines is 2. The second-order valence-corrected chi connectivity index (χ2v) is 8.38. The van der Waals surface area contributed by atoms with E-state index in [-0.39, 0.29) is 0 Å². The van der Waals surface area contributed by atoms with Crippen LogP contribution in [-0.4, -0.2) is 9.97 Å². The Morgan fingerprint density at radius 3 is 2.55 bits per heavy atom. The van der Waals surface area contributed by atoms with E-state index in [1.807, 2.05) is 36.4 Å². The molecule has 0 saturated carbocycles. The van der Waals surface area contributed by atoms with Crippen LogP contribution in [0.3, 0.4) is 0 Å². The number of halogens is 3. The van der Waals surface area contributed by atoms with Crippen molar-refractivity contribution in [3.63, 3.8) is 0 Å². The van der Waals surface area contributed by atoms with Gasteiger partial charge in [0.25, 0.3) is 0 Å². The van der Waals surface area contributed by atoms with Crippen LogP contribution in [0.1, 0.15) is 5.56 Å². The molecule has 4 rings (SSSR count). The summed E-state index contributed by atoms with van der Waals surface area (Å²) in [4.78, 5) is 10.4. The molecule has 0 saturated heterocycles. The number of nitrogens with zero attached hydrogens (tertiary/aromatic N) is 2. The molecule has 1 heterocycles. The maximum atomic E-state index is 6.50. The van der Waals surface area contributed by atoms with Gasteiger partial charge < -0.3 is 5.32 Å². The van der Waals surface area contributed by atoms with Crippen LogP contribution >= 0.6 is 46.6 Å². The molecule has 29 heavy (non-hydrogen) atoms. The van der Waals surface area contributed by atoms with E-state index in [9.17, 15) is 0 Å². The van der Waals surface area contributed by atoms with Crippen molar-refractivity contribution in [2.45, 2.75) is 9.79 Å². The van der Waals surface area contributed by atoms with Crippen molar-refractivity contribution in [3.8, 4) is 12.3 Å². The number of benzene rings is 3. The molecule has 0 amide bonds. The summed E-state index contributed by atoms with van der Waals surface area (Å²) in [5.74, 6) is 3.28. The fourth-order valence-corrected chi connectivity index (χ4v) is 4.40. The Bertz CT molecular complexity index is 1270. The zero-order valence-electron chi connectivity index (χ0n) is 14.8. The van der Waals surface area contributed by atoms with Crippen LogP contribution < -0.4 is 5.32 Å². The molecule has 0 bridgehead atoms. The molecule has 0 aliphatic rings. The van der Waals surface area contributed by atoms with Gasteiger partial charge in [0.15, 0.2) is 0 Å². The summed E-state index contributed by atoms with van der Waals surface area (Å²) in [6.07, 6.45) is 6.99. The maximum absolute atomic E-state index is 6.50. The van der Waals surface area contributed by atoms with Gasteiger partial charge in [0.2, 0.25) is 0 Å². The van der Waals surface area contributed by atoms with E-state index in [4.69, 9.17) is 41.2 Å². The van der Waals surface area contributed by atoms with Gasteiger partial charge in [0.05, 0.1) is 15.6 Å². The number of terminal acetylenes is 1. The lowest BCUT2D eigenvalue weighted by Crippen LogP contribution is -1.97. The minimum atomic E-state index is 0.567. The minimum Gasteiger partial charge on any atom is -0.340 e. The monoisotopic (exact) mass is 455 g/mol. The average Bonchev–Trinajstić information content (AvgIpc) is 2.72. The molecule has 4 aromatic rings. The molecule has 3 nitrogen and oxygen atoms in total. The van der Waals surface area contributed by atoms with Crippen molar-refractivity contribution in [1.82, 2.24) is 9.97 Å². The second-order valence-electron chi connectivity index (χ2n) is 6.05. The standard InChI is InChI=1S/C22H12Cl3N3S/c1-2-13-4-3-5-15(8-13)28-22-16-10-21(18(25)11-19(16)26-12-27-22)29-20-9-14(23)6-7-17(20)24/h1,3-12H,(H,26,27,28). The predicted octanol–water partition coefficient (Wildman–Crippen LogP) is 7.47. The molecule has 0 aliphatic heterocycles. The number of hydrogen-bond acceptors (Lipinski definition) is 4. The van der Waals surface area contributed by atoms with E-state index in [0.717, 1.165) is 31.9 Å². The highest BCUT2D eigenvalue weighted by atomic mass is 35.5. The number of hydrogen-bond donors (Lipinski definition) is 1. The smallest absolute Gasteiger partial charge is 0.141 e. The molecular formula is C22H12Cl3N3S. The molecule has 0 spiro atoms. The highest BCUT2D eigenvalue weighted by molar-refractivity contribution is 7.99. The number of rotatable bonds is 4. The summed E-state index contributed by atoms with van der Waals surface area (Å²) in [7, 11) is 0. The molecule has 1 aromatic heterocycles. The Labute approximate surface area is 187 Å². The first-order valence-corrected chi connectivity index (χ1v) is 10.4. The van der Waals surface area contributed by atoms with Crippen LogP contribution in [0.25, 0.3) is 10.9 Å². The van der Waals surface area contributed by atoms with Crippen molar-refractivity contribution in [3.05, 3.63) is 81.6 Å². The van der Waals surface area contributed by atoms with Crippen molar-refractivity contribution in [1.29, 1.82) is 0 Å². The zero-order chi connectivity index (χ0) is 20.4. The van der Waals surface area contributed by atoms with E-state index in [2.05, 4.69) is 21.2 Å². The fourth-order valence-electron chi connectivity index (χ4n) is 2.73. The van der Waals surface area contributed by atoms with Gasteiger partial charge in [-0.2, -0.15) is 0 Å². The lowest BCUT2D eigenvalue weighted by atomic mass is 10.2. The zero-order valence-corrected chi connectivity index (χ0v) is 17.9. The van der Waals surface area contributed by atoms with E-state index < -0.39 is 0 Å². The first-order valence-electron chi connectivity index (χ1n) is 8.44. The Morgan fingerprint density at radius 2 is 1.72 bits per heavy atom. The van der Waals surface area contributed by atoms with E-state index >= 15 is 0 Å². The van der Waals surface area contributed by atoms with E-state index in [0.29, 0.717) is 20.9 Å². The molecule has 0 radical (unpaired) electrons. The SMILES string of the molecule is C#Cc1cccc(Nc2ncnc3cc(Cl)c(Sc4cc(Cl)ccc4Cl)cc23)c1. The Morgan fingerprint density at radius 1 is 0.897 bits per heavy atom. The van der Waals surface area contributed by atoms with Crippen molar-refractivity contribution >= 4 is 69.0 Å². The highest BCUT2D eigenvalue weighted by Gasteiger charge is 2.12. The summed E-state index contributed by atoms with van der Waals surface area (Å²) in [5, 5.41) is 5.90. The van der Waals surface area contributed by atoms with Crippen LogP contribution in [0.5, 0.6) is 0 Å². The molecule has 1 N–H and O–H groups in total. The number of aromatic nitrogens is 2. The van der Waals surface area contributed by atoms with Crippen molar-refractivity contribution in [2.75, 3.05) is 5.32 Å². The topological polar surface area (TPSA) is 37.8 Å². The summed E-state index contributed by atoms with van der Waals surface area (Å²) < 4.78 is 0. The third-order valence-electron chi connectivity index (χ3n) is 4.09. The van der Waals surface area contributed by atoms with Gasteiger partial charge >= 0.3 is 0 Å². The van der Waals surface area contributed by atoms with Gasteiger partial charge in [-0.1, -0.05) is 58.6 Å². The number of nitrogens with one attached hydrogen (secondary N) is 1. The molecular weight excluding hydrogens is 445 g/mol. The minimum absolute atomic E-state index is 0.567. The summed E-state index contributed by atoms with van der Waals surface area (Å²) in [5.41, 5.74) is 2.34. The molecule has 0 atom stereocenters. The lowest BCUT2D eigenvalue weighted by molar-refractivity contribution is 1.21. The van der Waals surface area contributed by atoms with Crippen LogP contribution in [-0.2, 0) is 0 Å². The number of fused-ring (bicyclic) bond motifs is 1. The van der Waals surface area contributed by atoms with E-state index in [1.165, 1.54) is 18.1 Å². The predicted molar refractivity (Wildman–Crippen MR) is 123 cm³/mol. The Hall–Kier alpha value is -2.42. The molecule has 7 heteroatoms. The van der Waals surface area contributed by atoms with Crippen molar-refractivity contribution < 1.29 is 0 Å². The Balaban J connectivity index is 1.76. The Kier molecular flexibility index (Phi) is 5.84. The van der Waals surface area contributed by atoms with Crippen LogP contribution in [0.15, 0.2) is 70.7 Å². The maximum Gasteiger partial charge on any atom is 0.141 e. The van der Waals surface area contributed by atoms with E-state index in [1.54, 1.807) is 18.2 Å². The third-order valence-corrected chi connectivity index (χ3v) is 6.31. The largest absolute Gasteiger partial charge is 0.340 e. The lowest BCUT2D eigenvalue weighted by Gasteiger charge is -2.12. The normalized spacial score (nSPS) is 10.7. The second kappa shape index (κ2) is 8.52. The van der Waals surface area contributed by atoms with Gasteiger partial charge in [-0.25, -0.2) is 9.97 Å². The average molecular weight is 457 g/mol. The van der Waals surface area contributed by atoms with Crippen LogP contribution in [0.4, 0.5) is 11.5 Å². The van der Waals surface area contributed by atoms with Gasteiger partial charge in [0.1, 0.15) is 12.1 Å². The first kappa shape index (κ1) is 19.9. The van der Waals surface area contributed by atoms with Crippen LogP contribution in [0.2, 0.25) is 15.1 Å². The molecule has 0 fully saturated rings. The molecule has 0 aliphatic carbocycles. The van der Waals surface area contributed by atoms with Gasteiger partial charge in [-0.15, -0.1) is 6.42 Å². The first-order chi connectivity index (χ1) is 14.0. The quantitative estimate of drug-likeness (QED) is 0.323. The van der Waals surface area contributed by atoms with Gasteiger partial charge in [-0.3, -0.25) is 0 Å². The van der Waals surface area contributed by atoms with Gasteiger partial charge in [-0.05, 0) is 48.5 Å². The van der Waals surface area contributed by atoms with Gasteiger partial charge in [0, 0.05) is 31.5 Å². The van der Waals surface area contributed by atoms with Crippen LogP contribution in [0, 0.1) is 12.3 Å². The highest BCUT2D eigenvalue weighted by Crippen LogP contribution is 2.40.